The molecule has 0 amide bonds. The van der Waals surface area contributed by atoms with Gasteiger partial charge in [-0.3, -0.25) is 20.5 Å². The number of aromatic nitrogens is 4. The second-order valence-electron chi connectivity index (χ2n) is 8.39. The van der Waals surface area contributed by atoms with Crippen LogP contribution in [0.15, 0.2) is 55.8 Å². The summed E-state index contributed by atoms with van der Waals surface area (Å²) in [6.45, 7) is -0.181. The van der Waals surface area contributed by atoms with Crippen LogP contribution in [-0.4, -0.2) is 48.5 Å². The Labute approximate surface area is 284 Å². The molecule has 2 atom stereocenters. The van der Waals surface area contributed by atoms with E-state index in [1.807, 2.05) is 5.48 Å². The number of hydroxylamine groups is 1. The van der Waals surface area contributed by atoms with Crippen LogP contribution in [0.3, 0.4) is 0 Å². The molecule has 236 valence electrons. The van der Waals surface area contributed by atoms with E-state index < -0.39 is 0 Å². The van der Waals surface area contributed by atoms with Crippen molar-refractivity contribution in [2.24, 2.45) is 15.9 Å². The van der Waals surface area contributed by atoms with E-state index >= 15 is 0 Å². The zero-order valence-corrected chi connectivity index (χ0v) is 26.6. The van der Waals surface area contributed by atoms with E-state index in [1.54, 1.807) is 12.1 Å². The fraction of sp³-hybridized carbons (Fsp3) is 0.174. The normalized spacial score (nSPS) is 15.4. The maximum absolute atomic E-state index is 13.1. The van der Waals surface area contributed by atoms with Gasteiger partial charge in [0.15, 0.2) is 28.9 Å². The van der Waals surface area contributed by atoms with Gasteiger partial charge in [-0.25, -0.2) is 18.0 Å². The van der Waals surface area contributed by atoms with E-state index in [4.69, 9.17) is 49.3 Å². The van der Waals surface area contributed by atoms with Gasteiger partial charge in [-0.1, -0.05) is 28.9 Å². The largest absolute Gasteiger partial charge is 1.00 e. The van der Waals surface area contributed by atoms with Gasteiger partial charge in [0.25, 0.3) is 6.47 Å². The third-order valence-electron chi connectivity index (χ3n) is 5.79. The van der Waals surface area contributed by atoms with Crippen LogP contribution in [0.25, 0.3) is 0 Å². The van der Waals surface area contributed by atoms with Crippen molar-refractivity contribution in [3.05, 3.63) is 81.7 Å². The Bertz CT molecular complexity index is 1610. The topological polar surface area (TPSA) is 282 Å². The van der Waals surface area contributed by atoms with Gasteiger partial charge in [0.2, 0.25) is 5.17 Å². The van der Waals surface area contributed by atoms with Crippen molar-refractivity contribution >= 4 is 53.1 Å². The summed E-state index contributed by atoms with van der Waals surface area (Å²) in [7, 11) is 0. The van der Waals surface area contributed by atoms with E-state index in [-0.39, 0.29) is 106 Å². The summed E-state index contributed by atoms with van der Waals surface area (Å²) in [6.07, 6.45) is 1.56. The first-order valence-corrected chi connectivity index (χ1v) is 12.1. The van der Waals surface area contributed by atoms with Crippen LogP contribution in [-0.2, 0) is 22.5 Å². The Balaban J connectivity index is 0.000000333. The number of fused-ring (bicyclic) bond motifs is 2. The van der Waals surface area contributed by atoms with Crippen LogP contribution in [0, 0.1) is 11.6 Å². The zero-order chi connectivity index (χ0) is 31.5. The predicted octanol–water partition coefficient (Wildman–Crippen LogP) is -1.92. The molecule has 0 bridgehead atoms. The van der Waals surface area contributed by atoms with Crippen molar-refractivity contribution in [3.63, 3.8) is 0 Å². The van der Waals surface area contributed by atoms with E-state index in [2.05, 4.69) is 44.9 Å². The number of hydrogen-bond acceptors (Lipinski definition) is 16. The molecule has 2 aromatic carbocycles. The first-order chi connectivity index (χ1) is 20.6. The van der Waals surface area contributed by atoms with Gasteiger partial charge in [0, 0.05) is 6.04 Å². The van der Waals surface area contributed by atoms with Crippen molar-refractivity contribution in [1.82, 2.24) is 26.1 Å². The fourth-order valence-electron chi connectivity index (χ4n) is 3.72. The number of nitrogen functional groups attached to an aromatic ring is 2. The zero-order valence-electron chi connectivity index (χ0n) is 23.0. The van der Waals surface area contributed by atoms with Gasteiger partial charge in [-0.15, -0.1) is 12.4 Å². The maximum atomic E-state index is 13.1. The molecule has 17 nitrogen and oxygen atoms in total. The molecule has 2 unspecified atom stereocenters. The average molecular weight is 683 g/mol. The minimum absolute atomic E-state index is 0. The van der Waals surface area contributed by atoms with E-state index in [9.17, 15) is 8.78 Å². The molecule has 0 saturated carbocycles. The second-order valence-corrected chi connectivity index (χ2v) is 8.74. The summed E-state index contributed by atoms with van der Waals surface area (Å²) in [4.78, 5) is 15.5. The smallest absolute Gasteiger partial charge is 0.662 e. The Kier molecular flexibility index (Phi) is 16.3. The number of carbonyl (C=O) groups is 1. The monoisotopic (exact) mass is 682 g/mol. The number of rotatable bonds is 4. The summed E-state index contributed by atoms with van der Waals surface area (Å²) in [6, 6.07) is 9.16. The first kappa shape index (κ1) is 39.1. The van der Waals surface area contributed by atoms with E-state index in [1.165, 1.54) is 29.8 Å². The molecule has 0 radical (unpaired) electrons. The van der Waals surface area contributed by atoms with Crippen LogP contribution in [0.2, 0.25) is 0 Å². The molecule has 0 spiro atoms. The van der Waals surface area contributed by atoms with Crippen LogP contribution in [0.4, 0.5) is 20.4 Å². The van der Waals surface area contributed by atoms with Crippen molar-refractivity contribution in [3.8, 4) is 0 Å². The number of amidine groups is 1. The number of hydrogen-bond donors (Lipinski definition) is 6. The minimum atomic E-state index is -0.320. The first-order valence-electron chi connectivity index (χ1n) is 11.7. The molecular weight excluding hydrogens is 660 g/mol. The number of aliphatic imine (C=N–C) groups is 1. The molecule has 22 heteroatoms. The average Bonchev–Trinajstić information content (AvgIpc) is 3.63. The van der Waals surface area contributed by atoms with Gasteiger partial charge in [0.1, 0.15) is 11.6 Å². The number of anilines is 2. The Hall–Kier alpha value is -3.95. The molecule has 2 aliphatic carbocycles. The van der Waals surface area contributed by atoms with E-state index in [0.717, 1.165) is 23.1 Å². The van der Waals surface area contributed by atoms with Crippen molar-refractivity contribution in [2.75, 3.05) is 11.5 Å². The number of nitrogens with one attached hydrogen (secondary N) is 1. The molecule has 2 aromatic heterocycles. The van der Waals surface area contributed by atoms with Gasteiger partial charge in [0.05, 0.1) is 6.04 Å². The SMILES string of the molecule is Cl.NC1Cc2ccc(F)cc21.Nc1nonc1/C(Cl)=N/O.Nc1nonc1C(=NC1Cc2ccc(F)cc21)NO.O=CO[O-].[Na+]. The minimum Gasteiger partial charge on any atom is -0.662 e. The Morgan fingerprint density at radius 3 is 1.96 bits per heavy atom. The summed E-state index contributed by atoms with van der Waals surface area (Å²) in [5.74, 6) is -0.464. The summed E-state index contributed by atoms with van der Waals surface area (Å²) < 4.78 is 34.2. The third kappa shape index (κ3) is 10.3. The fourth-order valence-corrected chi connectivity index (χ4v) is 3.85. The number of benzene rings is 2. The van der Waals surface area contributed by atoms with Gasteiger partial charge < -0.3 is 32.6 Å². The Morgan fingerprint density at radius 2 is 1.53 bits per heavy atom. The molecule has 2 aliphatic rings. The van der Waals surface area contributed by atoms with Crippen LogP contribution < -0.4 is 57.5 Å². The Morgan fingerprint density at radius 1 is 1.02 bits per heavy atom. The number of carbonyl (C=O) groups excluding carboxylic acids is 1. The summed E-state index contributed by atoms with van der Waals surface area (Å²) >= 11 is 5.29. The third-order valence-corrected chi connectivity index (χ3v) is 6.05. The van der Waals surface area contributed by atoms with Crippen molar-refractivity contribution < 1.29 is 73.0 Å². The van der Waals surface area contributed by atoms with Crippen molar-refractivity contribution in [1.29, 1.82) is 0 Å². The molecule has 6 rings (SSSR count). The molecular formula is C23H23Cl2F2N10NaO7. The van der Waals surface area contributed by atoms with Crippen LogP contribution in [0.5, 0.6) is 0 Å². The quantitative estimate of drug-likeness (QED) is 0.0260. The molecule has 4 aromatic rings. The number of oxime groups is 1. The molecule has 0 fully saturated rings. The maximum Gasteiger partial charge on any atom is 1.00 e. The summed E-state index contributed by atoms with van der Waals surface area (Å²) in [5, 5.41) is 41.4. The predicted molar refractivity (Wildman–Crippen MR) is 147 cm³/mol. The van der Waals surface area contributed by atoms with Gasteiger partial charge in [-0.2, -0.15) is 0 Å². The molecule has 2 heterocycles. The molecule has 0 aliphatic heterocycles. The number of halogens is 4. The van der Waals surface area contributed by atoms with Crippen LogP contribution in [0.1, 0.15) is 45.7 Å². The van der Waals surface area contributed by atoms with Gasteiger partial charge in [-0.05, 0) is 80.0 Å². The standard InChI is InChI=1S/C11H10FN5O2.C8H8FN.C3H3ClN4O2.CH2O3.ClH.Na/c12-6-2-1-5-3-8(7(5)4-6)14-11(15-18)9-10(13)17-19-16-9;9-6-2-1-5-3-8(10)7(5)4-6;4-2(6-9)1-3(5)8-10-7-1;2-1-4-3;;/h1-2,4,8,18H,3H2,(H2,13,17)(H,14,15);1-2,4,8H,3,10H2;9H,(H2,5,8);1,3H;1H;/q;;;;;+1/p-1/b;;6-2-;;;. The molecule has 9 N–H and O–H groups in total. The second kappa shape index (κ2) is 18.8. The van der Waals surface area contributed by atoms with E-state index in [0.29, 0.717) is 6.42 Å². The molecule has 45 heavy (non-hydrogen) atoms. The summed E-state index contributed by atoms with van der Waals surface area (Å²) in [5.41, 5.74) is 22.3. The number of nitrogens with two attached hydrogens (primary N) is 3. The van der Waals surface area contributed by atoms with Crippen molar-refractivity contribution in [2.45, 2.75) is 24.9 Å². The molecule has 0 saturated heterocycles. The number of nitrogens with zero attached hydrogens (tertiary/aromatic N) is 6. The van der Waals surface area contributed by atoms with Crippen LogP contribution >= 0.6 is 24.0 Å². The van der Waals surface area contributed by atoms with Gasteiger partial charge >= 0.3 is 29.6 Å².